The highest BCUT2D eigenvalue weighted by Gasteiger charge is 2.27. The second-order valence-electron chi connectivity index (χ2n) is 13.7. The number of anilines is 1. The molecular formula is C44H49BrN4O4. The van der Waals surface area contributed by atoms with Crippen LogP contribution in [-0.2, 0) is 41.2 Å². The number of fused-ring (bicyclic) bond motifs is 2. The van der Waals surface area contributed by atoms with Gasteiger partial charge >= 0.3 is 5.97 Å². The summed E-state index contributed by atoms with van der Waals surface area (Å²) < 4.78 is 21.9. The lowest BCUT2D eigenvalue weighted by Gasteiger charge is -2.28. The van der Waals surface area contributed by atoms with Gasteiger partial charge in [-0.15, -0.1) is 0 Å². The first-order valence-corrected chi connectivity index (χ1v) is 20.0. The Hall–Kier alpha value is -4.60. The fourth-order valence-corrected chi connectivity index (χ4v) is 8.49. The third-order valence-electron chi connectivity index (χ3n) is 10.4. The van der Waals surface area contributed by atoms with E-state index in [0.29, 0.717) is 37.2 Å². The highest BCUT2D eigenvalue weighted by molar-refractivity contribution is 9.08. The summed E-state index contributed by atoms with van der Waals surface area (Å²) in [7, 11) is 1.99. The molecule has 0 atom stereocenters. The standard InChI is InChI=1S/C44H49BrN4O4/c1-4-52-44(50)43-37(18-11-27-53-40-19-9-14-33-13-5-6-15-35(33)40)36-16-10-17-38(41-31(2)46-47(3)39(41)30-45)42(36)49(43)24-8-7-12-32-20-22-34(23-21-32)48-25-28-51-29-26-48/h5-6,9-10,13-17,19-23H,4,7-8,11-12,18,24-30H2,1-3H3. The molecule has 9 heteroatoms. The molecule has 0 spiro atoms. The Morgan fingerprint density at radius 1 is 0.887 bits per heavy atom. The minimum atomic E-state index is -0.276. The van der Waals surface area contributed by atoms with Crippen LogP contribution < -0.4 is 9.64 Å². The van der Waals surface area contributed by atoms with Gasteiger partial charge < -0.3 is 23.7 Å². The van der Waals surface area contributed by atoms with Crippen molar-refractivity contribution in [3.63, 3.8) is 0 Å². The zero-order chi connectivity index (χ0) is 36.7. The SMILES string of the molecule is CCOC(=O)c1c(CCCOc2cccc3ccccc23)c2cccc(-c3c(C)nn(C)c3CBr)c2n1CCCCc1ccc(N2CCOCC2)cc1. The minimum Gasteiger partial charge on any atom is -0.493 e. The van der Waals surface area contributed by atoms with Crippen molar-refractivity contribution in [1.82, 2.24) is 14.3 Å². The molecule has 1 fully saturated rings. The van der Waals surface area contributed by atoms with E-state index in [1.165, 1.54) is 11.3 Å². The van der Waals surface area contributed by atoms with Crippen molar-refractivity contribution in [2.75, 3.05) is 44.4 Å². The van der Waals surface area contributed by atoms with Crippen LogP contribution in [0.15, 0.2) is 84.9 Å². The molecule has 0 bridgehead atoms. The van der Waals surface area contributed by atoms with Gasteiger partial charge in [0, 0.05) is 59.6 Å². The van der Waals surface area contributed by atoms with E-state index in [4.69, 9.17) is 19.3 Å². The van der Waals surface area contributed by atoms with Gasteiger partial charge in [0.15, 0.2) is 0 Å². The quantitative estimate of drug-likeness (QED) is 0.0588. The van der Waals surface area contributed by atoms with Gasteiger partial charge in [0.25, 0.3) is 0 Å². The van der Waals surface area contributed by atoms with Crippen LogP contribution in [0.3, 0.4) is 0 Å². The molecule has 6 aromatic rings. The van der Waals surface area contributed by atoms with E-state index in [-0.39, 0.29) is 5.97 Å². The highest BCUT2D eigenvalue weighted by atomic mass is 79.9. The number of aromatic nitrogens is 3. The van der Waals surface area contributed by atoms with Crippen molar-refractivity contribution < 1.29 is 19.0 Å². The summed E-state index contributed by atoms with van der Waals surface area (Å²) in [6.45, 7) is 8.91. The normalized spacial score (nSPS) is 13.2. The van der Waals surface area contributed by atoms with Gasteiger partial charge in [0.2, 0.25) is 0 Å². The lowest BCUT2D eigenvalue weighted by Crippen LogP contribution is -2.36. The summed E-state index contributed by atoms with van der Waals surface area (Å²) in [6.07, 6.45) is 4.30. The number of hydrogen-bond acceptors (Lipinski definition) is 6. The van der Waals surface area contributed by atoms with E-state index in [1.54, 1.807) is 0 Å². The Labute approximate surface area is 320 Å². The van der Waals surface area contributed by atoms with E-state index in [9.17, 15) is 4.79 Å². The summed E-state index contributed by atoms with van der Waals surface area (Å²) in [4.78, 5) is 16.4. The average Bonchev–Trinajstić information content (AvgIpc) is 3.67. The van der Waals surface area contributed by atoms with Gasteiger partial charge in [-0.2, -0.15) is 5.10 Å². The first-order valence-electron chi connectivity index (χ1n) is 18.9. The van der Waals surface area contributed by atoms with Gasteiger partial charge in [0.1, 0.15) is 11.4 Å². The maximum absolute atomic E-state index is 14.0. The number of nitrogens with zero attached hydrogens (tertiary/aromatic N) is 4. The molecule has 4 aromatic carbocycles. The number of unbranched alkanes of at least 4 members (excludes halogenated alkanes) is 1. The number of ether oxygens (including phenoxy) is 3. The molecule has 0 radical (unpaired) electrons. The minimum absolute atomic E-state index is 0.276. The number of aryl methyl sites for hydroxylation is 5. The Morgan fingerprint density at radius 2 is 1.64 bits per heavy atom. The average molecular weight is 778 g/mol. The molecule has 53 heavy (non-hydrogen) atoms. The van der Waals surface area contributed by atoms with Crippen LogP contribution in [0.4, 0.5) is 5.69 Å². The largest absolute Gasteiger partial charge is 0.493 e. The maximum Gasteiger partial charge on any atom is 0.355 e. The van der Waals surface area contributed by atoms with Crippen molar-refractivity contribution in [1.29, 1.82) is 0 Å². The number of benzene rings is 4. The van der Waals surface area contributed by atoms with Crippen molar-refractivity contribution >= 4 is 49.3 Å². The van der Waals surface area contributed by atoms with E-state index in [0.717, 1.165) is 107 Å². The molecule has 7 rings (SSSR count). The van der Waals surface area contributed by atoms with Gasteiger partial charge in [-0.1, -0.05) is 82.7 Å². The molecule has 3 heterocycles. The number of rotatable bonds is 15. The Morgan fingerprint density at radius 3 is 2.43 bits per heavy atom. The Kier molecular flexibility index (Phi) is 11.8. The molecule has 0 amide bonds. The molecule has 8 nitrogen and oxygen atoms in total. The van der Waals surface area contributed by atoms with E-state index in [1.807, 2.05) is 42.9 Å². The predicted molar refractivity (Wildman–Crippen MR) is 218 cm³/mol. The molecule has 0 N–H and O–H groups in total. The van der Waals surface area contributed by atoms with E-state index in [2.05, 4.69) is 93.0 Å². The molecule has 1 aliphatic rings. The van der Waals surface area contributed by atoms with E-state index >= 15 is 0 Å². The second-order valence-corrected chi connectivity index (χ2v) is 14.3. The Bertz CT molecular complexity index is 2180. The number of hydrogen-bond donors (Lipinski definition) is 0. The topological polar surface area (TPSA) is 70.8 Å². The zero-order valence-electron chi connectivity index (χ0n) is 31.1. The molecule has 2 aromatic heterocycles. The van der Waals surface area contributed by atoms with Gasteiger partial charge in [-0.05, 0) is 80.7 Å². The maximum atomic E-state index is 14.0. The summed E-state index contributed by atoms with van der Waals surface area (Å²) >= 11 is 3.73. The zero-order valence-corrected chi connectivity index (χ0v) is 32.7. The number of carbonyl (C=O) groups is 1. The third kappa shape index (κ3) is 7.87. The van der Waals surface area contributed by atoms with Crippen LogP contribution in [0.25, 0.3) is 32.8 Å². The van der Waals surface area contributed by atoms with Crippen LogP contribution in [-0.4, -0.2) is 59.8 Å². The number of morpholine rings is 1. The van der Waals surface area contributed by atoms with Crippen LogP contribution in [0.2, 0.25) is 0 Å². The first kappa shape index (κ1) is 36.7. The lowest BCUT2D eigenvalue weighted by molar-refractivity contribution is 0.0512. The van der Waals surface area contributed by atoms with E-state index < -0.39 is 0 Å². The molecule has 0 unspecified atom stereocenters. The van der Waals surface area contributed by atoms with Crippen molar-refractivity contribution in [3.8, 4) is 16.9 Å². The van der Waals surface area contributed by atoms with Crippen LogP contribution in [0.1, 0.15) is 59.2 Å². The summed E-state index contributed by atoms with van der Waals surface area (Å²) in [6, 6.07) is 29.9. The molecule has 1 saturated heterocycles. The number of halogens is 1. The van der Waals surface area contributed by atoms with Gasteiger partial charge in [0.05, 0.1) is 43.3 Å². The molecule has 0 aliphatic carbocycles. The van der Waals surface area contributed by atoms with Crippen LogP contribution in [0, 0.1) is 6.92 Å². The molecule has 276 valence electrons. The molecule has 0 saturated carbocycles. The smallest absolute Gasteiger partial charge is 0.355 e. The fourth-order valence-electron chi connectivity index (χ4n) is 7.85. The monoisotopic (exact) mass is 776 g/mol. The third-order valence-corrected chi connectivity index (χ3v) is 10.9. The number of alkyl halides is 1. The number of para-hydroxylation sites is 1. The molecular weight excluding hydrogens is 728 g/mol. The van der Waals surface area contributed by atoms with Crippen molar-refractivity contribution in [2.45, 2.75) is 57.8 Å². The lowest BCUT2D eigenvalue weighted by atomic mass is 9.98. The summed E-state index contributed by atoms with van der Waals surface area (Å²) in [5.41, 5.74) is 9.57. The number of carbonyl (C=O) groups excluding carboxylic acids is 1. The fraction of sp³-hybridized carbons (Fsp3) is 0.364. The second kappa shape index (κ2) is 17.0. The Balaban J connectivity index is 1.19. The predicted octanol–water partition coefficient (Wildman–Crippen LogP) is 9.45. The summed E-state index contributed by atoms with van der Waals surface area (Å²) in [5, 5.41) is 8.82. The number of esters is 1. The summed E-state index contributed by atoms with van der Waals surface area (Å²) in [5.74, 6) is 0.602. The van der Waals surface area contributed by atoms with Crippen molar-refractivity contribution in [3.05, 3.63) is 113 Å². The van der Waals surface area contributed by atoms with Gasteiger partial charge in [-0.25, -0.2) is 4.79 Å². The van der Waals surface area contributed by atoms with Crippen molar-refractivity contribution in [2.24, 2.45) is 7.05 Å². The highest BCUT2D eigenvalue weighted by Crippen LogP contribution is 2.39. The molecule has 1 aliphatic heterocycles. The first-order chi connectivity index (χ1) is 26.0. The van der Waals surface area contributed by atoms with Gasteiger partial charge in [-0.3, -0.25) is 4.68 Å². The van der Waals surface area contributed by atoms with Crippen LogP contribution in [0.5, 0.6) is 5.75 Å². The van der Waals surface area contributed by atoms with Crippen LogP contribution >= 0.6 is 15.9 Å².